The molecule has 6 nitrogen and oxygen atoms in total. The van der Waals surface area contributed by atoms with Gasteiger partial charge >= 0.3 is 12.0 Å². The highest BCUT2D eigenvalue weighted by Gasteiger charge is 2.12. The van der Waals surface area contributed by atoms with Crippen molar-refractivity contribution in [2.24, 2.45) is 0 Å². The van der Waals surface area contributed by atoms with Crippen LogP contribution in [0.5, 0.6) is 0 Å². The van der Waals surface area contributed by atoms with Crippen LogP contribution in [0.15, 0.2) is 0 Å². The third-order valence-corrected chi connectivity index (χ3v) is 2.63. The molecular weight excluding hydrogens is 236 g/mol. The van der Waals surface area contributed by atoms with Crippen LogP contribution >= 0.6 is 0 Å². The Labute approximate surface area is 108 Å². The lowest BCUT2D eigenvalue weighted by atomic mass is 10.1. The molecule has 0 saturated carbocycles. The molecule has 0 aromatic heterocycles. The smallest absolute Gasteiger partial charge is 0.317 e. The number of rotatable bonds is 8. The normalized spacial score (nSPS) is 13.8. The fraction of sp³-hybridized carbons (Fsp3) is 0.833. The van der Waals surface area contributed by atoms with Crippen molar-refractivity contribution in [1.29, 1.82) is 0 Å². The molecule has 0 aliphatic rings. The summed E-state index contributed by atoms with van der Waals surface area (Å²) in [6.45, 7) is 4.02. The second-order valence-corrected chi connectivity index (χ2v) is 4.70. The summed E-state index contributed by atoms with van der Waals surface area (Å²) in [6.07, 6.45) is 1.43. The molecule has 106 valence electrons. The van der Waals surface area contributed by atoms with Gasteiger partial charge in [0.2, 0.25) is 0 Å². The van der Waals surface area contributed by atoms with Gasteiger partial charge in [-0.15, -0.1) is 0 Å². The minimum absolute atomic E-state index is 0.0501. The highest BCUT2D eigenvalue weighted by Crippen LogP contribution is 2.01. The molecule has 0 heterocycles. The standard InChI is InChI=1S/C12H24N2O4/c1-9(5-4-6-11(16)17)13-12(18)14(3)8-7-10(2)15/h9-10,15H,4-8H2,1-3H3,(H,13,18)(H,16,17). The van der Waals surface area contributed by atoms with Gasteiger partial charge in [0.1, 0.15) is 0 Å². The van der Waals surface area contributed by atoms with Gasteiger partial charge in [0.05, 0.1) is 6.10 Å². The lowest BCUT2D eigenvalue weighted by molar-refractivity contribution is -0.137. The first-order valence-corrected chi connectivity index (χ1v) is 6.24. The van der Waals surface area contributed by atoms with Gasteiger partial charge in [0.15, 0.2) is 0 Å². The number of amides is 2. The molecule has 0 radical (unpaired) electrons. The third-order valence-electron chi connectivity index (χ3n) is 2.63. The fourth-order valence-corrected chi connectivity index (χ4v) is 1.43. The Morgan fingerprint density at radius 2 is 1.89 bits per heavy atom. The van der Waals surface area contributed by atoms with Crippen LogP contribution in [0.2, 0.25) is 0 Å². The van der Waals surface area contributed by atoms with E-state index in [9.17, 15) is 9.59 Å². The summed E-state index contributed by atoms with van der Waals surface area (Å²) in [7, 11) is 1.67. The lowest BCUT2D eigenvalue weighted by Gasteiger charge is -2.21. The molecule has 2 atom stereocenters. The number of carboxylic acid groups (broad SMARTS) is 1. The average molecular weight is 260 g/mol. The molecular formula is C12H24N2O4. The van der Waals surface area contributed by atoms with Gasteiger partial charge in [0, 0.05) is 26.1 Å². The van der Waals surface area contributed by atoms with E-state index in [4.69, 9.17) is 10.2 Å². The predicted octanol–water partition coefficient (Wildman–Crippen LogP) is 1.04. The summed E-state index contributed by atoms with van der Waals surface area (Å²) in [6, 6.07) is -0.246. The first kappa shape index (κ1) is 16.7. The minimum Gasteiger partial charge on any atom is -0.481 e. The van der Waals surface area contributed by atoms with E-state index in [1.54, 1.807) is 14.0 Å². The average Bonchev–Trinajstić information content (AvgIpc) is 2.24. The van der Waals surface area contributed by atoms with E-state index in [1.807, 2.05) is 6.92 Å². The van der Waals surface area contributed by atoms with Crippen molar-refractivity contribution in [1.82, 2.24) is 10.2 Å². The number of hydrogen-bond acceptors (Lipinski definition) is 3. The molecule has 3 N–H and O–H groups in total. The quantitative estimate of drug-likeness (QED) is 0.608. The number of nitrogens with zero attached hydrogens (tertiary/aromatic N) is 1. The summed E-state index contributed by atoms with van der Waals surface area (Å²) >= 11 is 0. The number of aliphatic carboxylic acids is 1. The molecule has 0 aliphatic heterocycles. The lowest BCUT2D eigenvalue weighted by Crippen LogP contribution is -2.42. The summed E-state index contributed by atoms with van der Waals surface area (Å²) in [4.78, 5) is 23.5. The molecule has 2 amide bonds. The number of aliphatic hydroxyl groups excluding tert-OH is 1. The van der Waals surface area contributed by atoms with Gasteiger partial charge in [-0.25, -0.2) is 4.79 Å². The second kappa shape index (κ2) is 8.74. The molecule has 0 aromatic rings. The Morgan fingerprint density at radius 1 is 1.28 bits per heavy atom. The molecule has 18 heavy (non-hydrogen) atoms. The zero-order valence-corrected chi connectivity index (χ0v) is 11.3. The molecule has 0 rings (SSSR count). The molecule has 0 spiro atoms. The van der Waals surface area contributed by atoms with Gasteiger partial charge in [-0.1, -0.05) is 0 Å². The van der Waals surface area contributed by atoms with Crippen molar-refractivity contribution in [2.75, 3.05) is 13.6 Å². The Kier molecular flexibility index (Phi) is 8.11. The molecule has 6 heteroatoms. The maximum Gasteiger partial charge on any atom is 0.317 e. The van der Waals surface area contributed by atoms with Crippen molar-refractivity contribution in [3.8, 4) is 0 Å². The van der Waals surface area contributed by atoms with E-state index < -0.39 is 12.1 Å². The van der Waals surface area contributed by atoms with E-state index in [2.05, 4.69) is 5.32 Å². The number of carbonyl (C=O) groups excluding carboxylic acids is 1. The van der Waals surface area contributed by atoms with Crippen molar-refractivity contribution in [2.45, 2.75) is 51.7 Å². The van der Waals surface area contributed by atoms with Gasteiger partial charge in [-0.2, -0.15) is 0 Å². The zero-order chi connectivity index (χ0) is 14.1. The Morgan fingerprint density at radius 3 is 2.39 bits per heavy atom. The van der Waals surface area contributed by atoms with E-state index >= 15 is 0 Å². The van der Waals surface area contributed by atoms with Crippen molar-refractivity contribution < 1.29 is 19.8 Å². The van der Waals surface area contributed by atoms with E-state index in [1.165, 1.54) is 4.90 Å². The number of carboxylic acids is 1. The van der Waals surface area contributed by atoms with E-state index in [0.29, 0.717) is 25.8 Å². The van der Waals surface area contributed by atoms with Gasteiger partial charge in [0.25, 0.3) is 0 Å². The third kappa shape index (κ3) is 8.81. The molecule has 0 aliphatic carbocycles. The summed E-state index contributed by atoms with van der Waals surface area (Å²) in [5.74, 6) is -0.817. The number of hydrogen-bond donors (Lipinski definition) is 3. The Bertz CT molecular complexity index is 269. The molecule has 0 bridgehead atoms. The fourth-order valence-electron chi connectivity index (χ4n) is 1.43. The summed E-state index contributed by atoms with van der Waals surface area (Å²) in [5.41, 5.74) is 0. The number of urea groups is 1. The molecule has 0 saturated heterocycles. The number of carbonyl (C=O) groups is 2. The molecule has 2 unspecified atom stereocenters. The van der Waals surface area contributed by atoms with Crippen LogP contribution in [0, 0.1) is 0 Å². The van der Waals surface area contributed by atoms with Crippen molar-refractivity contribution in [3.63, 3.8) is 0 Å². The number of nitrogens with one attached hydrogen (secondary N) is 1. The van der Waals surface area contributed by atoms with E-state index in [-0.39, 0.29) is 18.5 Å². The first-order valence-electron chi connectivity index (χ1n) is 6.24. The predicted molar refractivity (Wildman–Crippen MR) is 68.4 cm³/mol. The first-order chi connectivity index (χ1) is 8.32. The van der Waals surface area contributed by atoms with Crippen LogP contribution in [0.1, 0.15) is 39.5 Å². The Hall–Kier alpha value is -1.30. The highest BCUT2D eigenvalue weighted by atomic mass is 16.4. The van der Waals surface area contributed by atoms with Gasteiger partial charge < -0.3 is 20.4 Å². The zero-order valence-electron chi connectivity index (χ0n) is 11.3. The summed E-state index contributed by atoms with van der Waals surface area (Å²) in [5, 5.41) is 20.4. The van der Waals surface area contributed by atoms with Crippen molar-refractivity contribution >= 4 is 12.0 Å². The number of aliphatic hydroxyl groups is 1. The maximum atomic E-state index is 11.7. The SMILES string of the molecule is CC(O)CCN(C)C(=O)NC(C)CCCC(=O)O. The van der Waals surface area contributed by atoms with Crippen LogP contribution in [0.3, 0.4) is 0 Å². The topological polar surface area (TPSA) is 89.9 Å². The molecule has 0 fully saturated rings. The van der Waals surface area contributed by atoms with Crippen LogP contribution in [-0.4, -0.2) is 52.9 Å². The van der Waals surface area contributed by atoms with Gasteiger partial charge in [-0.05, 0) is 33.1 Å². The second-order valence-electron chi connectivity index (χ2n) is 4.70. The summed E-state index contributed by atoms with van der Waals surface area (Å²) < 4.78 is 0. The van der Waals surface area contributed by atoms with Crippen LogP contribution in [0.4, 0.5) is 4.79 Å². The van der Waals surface area contributed by atoms with Crippen LogP contribution in [0.25, 0.3) is 0 Å². The monoisotopic (exact) mass is 260 g/mol. The van der Waals surface area contributed by atoms with Crippen LogP contribution in [-0.2, 0) is 4.79 Å². The molecule has 0 aromatic carbocycles. The van der Waals surface area contributed by atoms with Gasteiger partial charge in [-0.3, -0.25) is 4.79 Å². The largest absolute Gasteiger partial charge is 0.481 e. The van der Waals surface area contributed by atoms with Crippen molar-refractivity contribution in [3.05, 3.63) is 0 Å². The minimum atomic E-state index is -0.817. The Balaban J connectivity index is 3.81. The van der Waals surface area contributed by atoms with E-state index in [0.717, 1.165) is 0 Å². The maximum absolute atomic E-state index is 11.7. The highest BCUT2D eigenvalue weighted by molar-refractivity contribution is 5.74. The van der Waals surface area contributed by atoms with Crippen LogP contribution < -0.4 is 5.32 Å².